The van der Waals surface area contributed by atoms with Gasteiger partial charge in [-0.1, -0.05) is 29.8 Å². The molecule has 1 saturated heterocycles. The molecule has 0 spiro atoms. The number of hydrogen-bond donors (Lipinski definition) is 1. The zero-order valence-electron chi connectivity index (χ0n) is 19.3. The number of sulfonamides is 1. The molecule has 4 aromatic rings. The lowest BCUT2D eigenvalue weighted by molar-refractivity contribution is -0.137. The fourth-order valence-corrected chi connectivity index (χ4v) is 5.26. The van der Waals surface area contributed by atoms with E-state index in [2.05, 4.69) is 14.7 Å². The third kappa shape index (κ3) is 5.42. The van der Waals surface area contributed by atoms with Gasteiger partial charge >= 0.3 is 6.18 Å². The number of para-hydroxylation sites is 2. The van der Waals surface area contributed by atoms with Crippen LogP contribution < -0.4 is 14.5 Å². The Balaban J connectivity index is 1.43. The number of hydrogen-bond acceptors (Lipinski definition) is 6. The lowest BCUT2D eigenvalue weighted by atomic mass is 10.1. The van der Waals surface area contributed by atoms with Crippen LogP contribution in [-0.4, -0.2) is 44.6 Å². The second-order valence-corrected chi connectivity index (χ2v) is 10.6. The Bertz CT molecular complexity index is 1540. The fraction of sp³-hybridized carbons (Fsp3) is 0.200. The monoisotopic (exact) mass is 547 g/mol. The third-order valence-corrected chi connectivity index (χ3v) is 7.63. The van der Waals surface area contributed by atoms with Crippen molar-refractivity contribution in [2.45, 2.75) is 11.1 Å². The molecular weight excluding hydrogens is 527 g/mol. The predicted molar refractivity (Wildman–Crippen MR) is 138 cm³/mol. The highest BCUT2D eigenvalue weighted by molar-refractivity contribution is 7.92. The SMILES string of the molecule is O=S(=O)(Nc1nc2ccccc2nc1N1CCN(c2cccc(C(F)(F)F)c2)CC1)c1ccc(Cl)cc1. The topological polar surface area (TPSA) is 78.4 Å². The Labute approximate surface area is 216 Å². The number of halogens is 4. The van der Waals surface area contributed by atoms with Gasteiger partial charge in [0.15, 0.2) is 11.6 Å². The molecule has 0 bridgehead atoms. The number of alkyl halides is 3. The van der Waals surface area contributed by atoms with Gasteiger partial charge in [-0.3, -0.25) is 4.72 Å². The number of rotatable bonds is 5. The van der Waals surface area contributed by atoms with Crippen molar-refractivity contribution in [2.24, 2.45) is 0 Å². The summed E-state index contributed by atoms with van der Waals surface area (Å²) in [5.74, 6) is 0.418. The van der Waals surface area contributed by atoms with E-state index in [9.17, 15) is 21.6 Å². The van der Waals surface area contributed by atoms with E-state index >= 15 is 0 Å². The minimum Gasteiger partial charge on any atom is -0.368 e. The van der Waals surface area contributed by atoms with Crippen LogP contribution in [0, 0.1) is 0 Å². The summed E-state index contributed by atoms with van der Waals surface area (Å²) in [6.45, 7) is 1.64. The molecule has 1 aromatic heterocycles. The normalized spacial score (nSPS) is 14.7. The van der Waals surface area contributed by atoms with Gasteiger partial charge in [0.2, 0.25) is 0 Å². The predicted octanol–water partition coefficient (Wildman–Crippen LogP) is 5.43. The highest BCUT2D eigenvalue weighted by atomic mass is 35.5. The van der Waals surface area contributed by atoms with Crippen molar-refractivity contribution in [3.63, 3.8) is 0 Å². The van der Waals surface area contributed by atoms with Crippen LogP contribution in [0.3, 0.4) is 0 Å². The van der Waals surface area contributed by atoms with Crippen molar-refractivity contribution in [1.29, 1.82) is 0 Å². The van der Waals surface area contributed by atoms with Crippen LogP contribution in [0.25, 0.3) is 11.0 Å². The Morgan fingerprint density at radius 1 is 0.811 bits per heavy atom. The average Bonchev–Trinajstić information content (AvgIpc) is 2.88. The van der Waals surface area contributed by atoms with Crippen LogP contribution in [0.1, 0.15) is 5.56 Å². The molecule has 0 radical (unpaired) electrons. The van der Waals surface area contributed by atoms with E-state index in [1.54, 1.807) is 24.3 Å². The van der Waals surface area contributed by atoms with Crippen molar-refractivity contribution in [1.82, 2.24) is 9.97 Å². The summed E-state index contributed by atoms with van der Waals surface area (Å²) in [4.78, 5) is 13.0. The van der Waals surface area contributed by atoms with Crippen molar-refractivity contribution < 1.29 is 21.6 Å². The Hall–Kier alpha value is -3.57. The van der Waals surface area contributed by atoms with E-state index in [1.165, 1.54) is 30.3 Å². The lowest BCUT2D eigenvalue weighted by Gasteiger charge is -2.37. The molecule has 1 aliphatic heterocycles. The molecular formula is C25H21ClF3N5O2S. The molecule has 37 heavy (non-hydrogen) atoms. The Morgan fingerprint density at radius 3 is 2.08 bits per heavy atom. The molecule has 7 nitrogen and oxygen atoms in total. The molecule has 1 aliphatic rings. The zero-order chi connectivity index (χ0) is 26.2. The summed E-state index contributed by atoms with van der Waals surface area (Å²) in [5, 5.41) is 0.406. The Kier molecular flexibility index (Phi) is 6.59. The zero-order valence-corrected chi connectivity index (χ0v) is 20.9. The molecule has 192 valence electrons. The summed E-state index contributed by atoms with van der Waals surface area (Å²) >= 11 is 5.90. The number of anilines is 3. The minimum absolute atomic E-state index is 0.0205. The van der Waals surface area contributed by atoms with Crippen LogP contribution in [0.15, 0.2) is 77.7 Å². The second kappa shape index (κ2) is 9.71. The maximum Gasteiger partial charge on any atom is 0.416 e. The maximum absolute atomic E-state index is 13.2. The van der Waals surface area contributed by atoms with Gasteiger partial charge in [0.05, 0.1) is 21.5 Å². The number of aromatic nitrogens is 2. The molecule has 0 amide bonds. The molecule has 12 heteroatoms. The van der Waals surface area contributed by atoms with E-state index in [1.807, 2.05) is 15.9 Å². The van der Waals surface area contributed by atoms with Gasteiger partial charge in [-0.25, -0.2) is 18.4 Å². The van der Waals surface area contributed by atoms with Crippen molar-refractivity contribution in [2.75, 3.05) is 40.7 Å². The molecule has 2 heterocycles. The molecule has 1 fully saturated rings. The van der Waals surface area contributed by atoms with Gasteiger partial charge in [-0.15, -0.1) is 0 Å². The third-order valence-electron chi connectivity index (χ3n) is 6.02. The number of piperazine rings is 1. The molecule has 0 saturated carbocycles. The molecule has 1 N–H and O–H groups in total. The minimum atomic E-state index is -4.42. The average molecular weight is 548 g/mol. The fourth-order valence-electron chi connectivity index (χ4n) is 4.14. The van der Waals surface area contributed by atoms with Crippen LogP contribution >= 0.6 is 11.6 Å². The van der Waals surface area contributed by atoms with E-state index in [0.717, 1.165) is 12.1 Å². The summed E-state index contributed by atoms with van der Waals surface area (Å²) in [7, 11) is -3.99. The van der Waals surface area contributed by atoms with E-state index in [0.29, 0.717) is 53.7 Å². The first kappa shape index (κ1) is 25.1. The quantitative estimate of drug-likeness (QED) is 0.359. The van der Waals surface area contributed by atoms with Crippen molar-refractivity contribution >= 4 is 50.0 Å². The number of benzene rings is 3. The van der Waals surface area contributed by atoms with Gasteiger partial charge in [-0.05, 0) is 54.6 Å². The smallest absolute Gasteiger partial charge is 0.368 e. The number of fused-ring (bicyclic) bond motifs is 1. The van der Waals surface area contributed by atoms with Gasteiger partial charge in [-0.2, -0.15) is 13.2 Å². The van der Waals surface area contributed by atoms with Gasteiger partial charge < -0.3 is 9.80 Å². The molecule has 5 rings (SSSR count). The first-order valence-electron chi connectivity index (χ1n) is 11.3. The van der Waals surface area contributed by atoms with Crippen LogP contribution in [-0.2, 0) is 16.2 Å². The Morgan fingerprint density at radius 2 is 1.43 bits per heavy atom. The van der Waals surface area contributed by atoms with Crippen LogP contribution in [0.2, 0.25) is 5.02 Å². The van der Waals surface area contributed by atoms with E-state index in [4.69, 9.17) is 11.6 Å². The highest BCUT2D eigenvalue weighted by Gasteiger charge is 2.31. The summed E-state index contributed by atoms with van der Waals surface area (Å²) in [6.07, 6.45) is -4.42. The summed E-state index contributed by atoms with van der Waals surface area (Å²) in [6, 6.07) is 18.1. The first-order valence-corrected chi connectivity index (χ1v) is 13.2. The largest absolute Gasteiger partial charge is 0.416 e. The standard InChI is InChI=1S/C25H21ClF3N5O2S/c26-18-8-10-20(11-9-18)37(35,36)32-23-24(31-22-7-2-1-6-21(22)30-23)34-14-12-33(13-15-34)19-5-3-4-17(16-19)25(27,28)29/h1-11,16H,12-15H2,(H,30,32). The molecule has 0 unspecified atom stereocenters. The van der Waals surface area contributed by atoms with Crippen molar-refractivity contribution in [3.8, 4) is 0 Å². The van der Waals surface area contributed by atoms with Crippen molar-refractivity contribution in [3.05, 3.63) is 83.4 Å². The lowest BCUT2D eigenvalue weighted by Crippen LogP contribution is -2.47. The molecule has 3 aromatic carbocycles. The van der Waals surface area contributed by atoms with Crippen LogP contribution in [0.4, 0.5) is 30.5 Å². The van der Waals surface area contributed by atoms with E-state index in [-0.39, 0.29) is 10.7 Å². The number of nitrogens with one attached hydrogen (secondary N) is 1. The second-order valence-electron chi connectivity index (χ2n) is 8.47. The maximum atomic E-state index is 13.2. The highest BCUT2D eigenvalue weighted by Crippen LogP contribution is 2.33. The van der Waals surface area contributed by atoms with Gasteiger partial charge in [0, 0.05) is 36.9 Å². The first-order chi connectivity index (χ1) is 17.6. The molecule has 0 atom stereocenters. The van der Waals surface area contributed by atoms with E-state index < -0.39 is 21.8 Å². The van der Waals surface area contributed by atoms with Crippen LogP contribution in [0.5, 0.6) is 0 Å². The summed E-state index contributed by atoms with van der Waals surface area (Å²) < 4.78 is 68.2. The van der Waals surface area contributed by atoms with Gasteiger partial charge in [0.1, 0.15) is 0 Å². The number of nitrogens with zero attached hydrogens (tertiary/aromatic N) is 4. The molecule has 0 aliphatic carbocycles. The summed E-state index contributed by atoms with van der Waals surface area (Å²) in [5.41, 5.74) is 0.879. The van der Waals surface area contributed by atoms with Gasteiger partial charge in [0.25, 0.3) is 10.0 Å².